The summed E-state index contributed by atoms with van der Waals surface area (Å²) in [6.07, 6.45) is 1.13. The largest absolute Gasteiger partial charge is 0.379 e. The fraction of sp³-hybridized carbons (Fsp3) is 0.611. The zero-order valence-electron chi connectivity index (χ0n) is 16.0. The van der Waals surface area contributed by atoms with Crippen LogP contribution in [0, 0.1) is 13.8 Å². The van der Waals surface area contributed by atoms with E-state index in [1.54, 1.807) is 13.0 Å². The van der Waals surface area contributed by atoms with Crippen LogP contribution in [0.3, 0.4) is 0 Å². The van der Waals surface area contributed by atoms with Crippen LogP contribution in [0.2, 0.25) is 0 Å². The van der Waals surface area contributed by atoms with Crippen LogP contribution in [0.15, 0.2) is 18.2 Å². The van der Waals surface area contributed by atoms with E-state index in [1.165, 1.54) is 4.31 Å². The fourth-order valence-corrected chi connectivity index (χ4v) is 4.27. The Kier molecular flexibility index (Phi) is 7.02. The first-order valence-electron chi connectivity index (χ1n) is 8.84. The number of carbonyl (C=O) groups is 1. The monoisotopic (exact) mass is 383 g/mol. The van der Waals surface area contributed by atoms with Crippen molar-refractivity contribution in [2.24, 2.45) is 0 Å². The highest BCUT2D eigenvalue weighted by molar-refractivity contribution is 7.92. The predicted molar refractivity (Wildman–Crippen MR) is 103 cm³/mol. The van der Waals surface area contributed by atoms with Gasteiger partial charge in [-0.15, -0.1) is 0 Å². The quantitative estimate of drug-likeness (QED) is 0.757. The smallest absolute Gasteiger partial charge is 0.243 e. The Morgan fingerprint density at radius 1 is 1.31 bits per heavy atom. The maximum Gasteiger partial charge on any atom is 0.243 e. The van der Waals surface area contributed by atoms with Gasteiger partial charge in [0.25, 0.3) is 0 Å². The second-order valence-electron chi connectivity index (χ2n) is 6.77. The van der Waals surface area contributed by atoms with Gasteiger partial charge in [-0.25, -0.2) is 8.42 Å². The van der Waals surface area contributed by atoms with Crippen LogP contribution in [-0.4, -0.2) is 70.9 Å². The number of anilines is 1. The Morgan fingerprint density at radius 2 is 1.96 bits per heavy atom. The highest BCUT2D eigenvalue weighted by atomic mass is 32.2. The number of ether oxygens (including phenoxy) is 1. The van der Waals surface area contributed by atoms with E-state index in [1.807, 2.05) is 26.0 Å². The predicted octanol–water partition coefficient (Wildman–Crippen LogP) is 0.906. The zero-order valence-corrected chi connectivity index (χ0v) is 16.8. The van der Waals surface area contributed by atoms with Gasteiger partial charge in [-0.3, -0.25) is 14.0 Å². The first-order valence-corrected chi connectivity index (χ1v) is 10.7. The molecule has 0 saturated carbocycles. The second-order valence-corrected chi connectivity index (χ2v) is 8.63. The molecule has 1 atom stereocenters. The molecule has 0 spiro atoms. The van der Waals surface area contributed by atoms with Gasteiger partial charge in [0.15, 0.2) is 0 Å². The van der Waals surface area contributed by atoms with E-state index in [0.29, 0.717) is 25.4 Å². The van der Waals surface area contributed by atoms with Crippen molar-refractivity contribution < 1.29 is 17.9 Å². The molecule has 0 radical (unpaired) electrons. The number of carbonyl (C=O) groups excluding carboxylic acids is 1. The molecule has 7 nitrogen and oxygen atoms in total. The van der Waals surface area contributed by atoms with E-state index in [4.69, 9.17) is 4.74 Å². The maximum atomic E-state index is 12.6. The molecule has 26 heavy (non-hydrogen) atoms. The van der Waals surface area contributed by atoms with E-state index in [9.17, 15) is 13.2 Å². The summed E-state index contributed by atoms with van der Waals surface area (Å²) in [7, 11) is -3.60. The first kappa shape index (κ1) is 20.7. The summed E-state index contributed by atoms with van der Waals surface area (Å²) < 4.78 is 31.3. The number of nitrogens with zero attached hydrogens (tertiary/aromatic N) is 2. The standard InChI is InChI=1S/C18H29N3O4S/c1-14-5-6-15(2)17(13-14)21(26(4,23)24)16(3)18(22)19-7-8-20-9-11-25-12-10-20/h5-6,13,16H,7-12H2,1-4H3,(H,19,22)/t16-/m0/s1. The van der Waals surface area contributed by atoms with Gasteiger partial charge >= 0.3 is 0 Å². The third-order valence-corrected chi connectivity index (χ3v) is 5.75. The van der Waals surface area contributed by atoms with Crippen molar-refractivity contribution in [1.29, 1.82) is 0 Å². The number of sulfonamides is 1. The lowest BCUT2D eigenvalue weighted by molar-refractivity contribution is -0.121. The molecule has 1 amide bonds. The van der Waals surface area contributed by atoms with E-state index in [0.717, 1.165) is 37.0 Å². The summed E-state index contributed by atoms with van der Waals surface area (Å²) in [5, 5.41) is 2.86. The molecular weight excluding hydrogens is 354 g/mol. The lowest BCUT2D eigenvalue weighted by atomic mass is 10.1. The van der Waals surface area contributed by atoms with E-state index >= 15 is 0 Å². The minimum atomic E-state index is -3.60. The van der Waals surface area contributed by atoms with Crippen LogP contribution >= 0.6 is 0 Å². The van der Waals surface area contributed by atoms with Gasteiger partial charge in [0.1, 0.15) is 6.04 Å². The SMILES string of the molecule is Cc1ccc(C)c(N([C@@H](C)C(=O)NCCN2CCOCC2)S(C)(=O)=O)c1. The van der Waals surface area contributed by atoms with Crippen LogP contribution in [0.1, 0.15) is 18.1 Å². The molecule has 0 aromatic heterocycles. The molecule has 1 fully saturated rings. The molecule has 0 unspecified atom stereocenters. The topological polar surface area (TPSA) is 79.0 Å². The molecule has 0 bridgehead atoms. The van der Waals surface area contributed by atoms with Gasteiger partial charge in [0, 0.05) is 26.2 Å². The molecule has 146 valence electrons. The molecule has 0 aliphatic carbocycles. The summed E-state index contributed by atoms with van der Waals surface area (Å²) in [6.45, 7) is 9.68. The lowest BCUT2D eigenvalue weighted by Gasteiger charge is -2.30. The van der Waals surface area contributed by atoms with Crippen LogP contribution < -0.4 is 9.62 Å². The average molecular weight is 384 g/mol. The van der Waals surface area contributed by atoms with Crippen LogP contribution in [0.5, 0.6) is 0 Å². The first-order chi connectivity index (χ1) is 12.2. The van der Waals surface area contributed by atoms with Gasteiger partial charge in [0.05, 0.1) is 25.2 Å². The molecular formula is C18H29N3O4S. The molecule has 1 aromatic rings. The Morgan fingerprint density at radius 3 is 2.58 bits per heavy atom. The van der Waals surface area contributed by atoms with E-state index < -0.39 is 16.1 Å². The van der Waals surface area contributed by atoms with Gasteiger partial charge in [-0.2, -0.15) is 0 Å². The molecule has 1 aliphatic heterocycles. The molecule has 8 heteroatoms. The van der Waals surface area contributed by atoms with Gasteiger partial charge in [-0.1, -0.05) is 12.1 Å². The third-order valence-electron chi connectivity index (χ3n) is 4.52. The van der Waals surface area contributed by atoms with Crippen molar-refractivity contribution in [3.63, 3.8) is 0 Å². The number of nitrogens with one attached hydrogen (secondary N) is 1. The molecule has 1 heterocycles. The van der Waals surface area contributed by atoms with Gasteiger partial charge in [0.2, 0.25) is 15.9 Å². The van der Waals surface area contributed by atoms with Gasteiger partial charge in [-0.05, 0) is 38.0 Å². The summed E-state index contributed by atoms with van der Waals surface area (Å²) in [6, 6.07) is 4.77. The van der Waals surface area contributed by atoms with Crippen molar-refractivity contribution in [2.75, 3.05) is 50.0 Å². The van der Waals surface area contributed by atoms with Gasteiger partial charge < -0.3 is 10.1 Å². The number of hydrogen-bond acceptors (Lipinski definition) is 5. The number of morpholine rings is 1. The molecule has 1 aromatic carbocycles. The second kappa shape index (κ2) is 8.83. The van der Waals surface area contributed by atoms with Crippen LogP contribution in [0.25, 0.3) is 0 Å². The van der Waals surface area contributed by atoms with Crippen molar-refractivity contribution >= 4 is 21.6 Å². The van der Waals surface area contributed by atoms with Crippen molar-refractivity contribution in [3.05, 3.63) is 29.3 Å². The van der Waals surface area contributed by atoms with Crippen molar-refractivity contribution in [3.8, 4) is 0 Å². The minimum absolute atomic E-state index is 0.301. The molecule has 1 saturated heterocycles. The summed E-state index contributed by atoms with van der Waals surface area (Å²) in [5.74, 6) is -0.301. The number of benzene rings is 1. The van der Waals surface area contributed by atoms with E-state index in [-0.39, 0.29) is 5.91 Å². The summed E-state index contributed by atoms with van der Waals surface area (Å²) >= 11 is 0. The summed E-state index contributed by atoms with van der Waals surface area (Å²) in [4.78, 5) is 14.8. The normalized spacial score (nSPS) is 16.9. The molecule has 2 rings (SSSR count). The number of aryl methyl sites for hydroxylation is 2. The summed E-state index contributed by atoms with van der Waals surface area (Å²) in [5.41, 5.74) is 2.30. The highest BCUT2D eigenvalue weighted by Gasteiger charge is 2.30. The van der Waals surface area contributed by atoms with E-state index in [2.05, 4.69) is 10.2 Å². The Hall–Kier alpha value is -1.64. The maximum absolute atomic E-state index is 12.6. The van der Waals surface area contributed by atoms with Crippen LogP contribution in [-0.2, 0) is 19.6 Å². The molecule has 1 N–H and O–H groups in total. The average Bonchev–Trinajstić information content (AvgIpc) is 2.57. The van der Waals surface area contributed by atoms with Crippen molar-refractivity contribution in [1.82, 2.24) is 10.2 Å². The number of rotatable bonds is 7. The Balaban J connectivity index is 2.07. The zero-order chi connectivity index (χ0) is 19.3. The number of hydrogen-bond donors (Lipinski definition) is 1. The minimum Gasteiger partial charge on any atom is -0.379 e. The Labute approximate surface area is 156 Å². The van der Waals surface area contributed by atoms with Crippen LogP contribution in [0.4, 0.5) is 5.69 Å². The highest BCUT2D eigenvalue weighted by Crippen LogP contribution is 2.26. The number of amides is 1. The molecule has 1 aliphatic rings. The van der Waals surface area contributed by atoms with Crippen molar-refractivity contribution in [2.45, 2.75) is 26.8 Å². The Bertz CT molecular complexity index is 730. The fourth-order valence-electron chi connectivity index (χ4n) is 3.05. The lowest BCUT2D eigenvalue weighted by Crippen LogP contribution is -2.50. The third kappa shape index (κ3) is 5.43.